The van der Waals surface area contributed by atoms with Gasteiger partial charge in [0, 0.05) is 6.42 Å². The maximum Gasteiger partial charge on any atom is 0.233 e. The highest BCUT2D eigenvalue weighted by Crippen LogP contribution is 2.14. The molecule has 17 heavy (non-hydrogen) atoms. The zero-order valence-electron chi connectivity index (χ0n) is 10.3. The van der Waals surface area contributed by atoms with E-state index < -0.39 is 0 Å². The van der Waals surface area contributed by atoms with Crippen LogP contribution in [0.5, 0.6) is 0 Å². The Morgan fingerprint density at radius 3 is 2.47 bits per heavy atom. The van der Waals surface area contributed by atoms with E-state index in [-0.39, 0.29) is 5.91 Å². The summed E-state index contributed by atoms with van der Waals surface area (Å²) in [5.74, 6) is -0.123. The molecule has 0 fully saturated rings. The van der Waals surface area contributed by atoms with Crippen LogP contribution in [0, 0.1) is 0 Å². The van der Waals surface area contributed by atoms with Crippen molar-refractivity contribution < 1.29 is 9.59 Å². The van der Waals surface area contributed by atoms with Gasteiger partial charge >= 0.3 is 0 Å². The zero-order valence-corrected chi connectivity index (χ0v) is 10.3. The first-order valence-corrected chi connectivity index (χ1v) is 6.12. The molecule has 0 aliphatic rings. The van der Waals surface area contributed by atoms with Gasteiger partial charge in [0.25, 0.3) is 0 Å². The third kappa shape index (κ3) is 4.39. The van der Waals surface area contributed by atoms with E-state index in [2.05, 4.69) is 6.92 Å². The van der Waals surface area contributed by atoms with Crippen LogP contribution in [-0.2, 0) is 9.59 Å². The molecule has 0 aliphatic heterocycles. The molecule has 0 aromatic heterocycles. The highest BCUT2D eigenvalue weighted by atomic mass is 16.2. The van der Waals surface area contributed by atoms with Gasteiger partial charge in [0.2, 0.25) is 12.3 Å². The first-order chi connectivity index (χ1) is 8.29. The molecule has 1 rings (SSSR count). The fraction of sp³-hybridized carbons (Fsp3) is 0.429. The van der Waals surface area contributed by atoms with E-state index in [9.17, 15) is 9.59 Å². The Hall–Kier alpha value is -1.64. The van der Waals surface area contributed by atoms with E-state index >= 15 is 0 Å². The minimum atomic E-state index is -0.123. The molecule has 2 amide bonds. The van der Waals surface area contributed by atoms with Crippen molar-refractivity contribution in [2.45, 2.75) is 39.0 Å². The van der Waals surface area contributed by atoms with Crippen LogP contribution in [0.4, 0.5) is 5.69 Å². The molecular formula is C14H19NO2. The predicted octanol–water partition coefficient (Wildman–Crippen LogP) is 3.15. The molecule has 0 N–H and O–H groups in total. The average Bonchev–Trinajstić information content (AvgIpc) is 2.37. The van der Waals surface area contributed by atoms with Gasteiger partial charge in [-0.2, -0.15) is 0 Å². The number of rotatable bonds is 7. The van der Waals surface area contributed by atoms with Crippen molar-refractivity contribution in [1.29, 1.82) is 0 Å². The highest BCUT2D eigenvalue weighted by Gasteiger charge is 2.13. The van der Waals surface area contributed by atoms with Crippen LogP contribution < -0.4 is 4.90 Å². The number of hydrogen-bond donors (Lipinski definition) is 0. The molecule has 1 aromatic rings. The van der Waals surface area contributed by atoms with Crippen molar-refractivity contribution in [2.24, 2.45) is 0 Å². The Balaban J connectivity index is 2.50. The largest absolute Gasteiger partial charge is 0.278 e. The van der Waals surface area contributed by atoms with Crippen LogP contribution in [0.3, 0.4) is 0 Å². The van der Waals surface area contributed by atoms with E-state index in [4.69, 9.17) is 0 Å². The first-order valence-electron chi connectivity index (χ1n) is 6.12. The molecule has 0 unspecified atom stereocenters. The molecule has 0 heterocycles. The SMILES string of the molecule is CCCCCCC(=O)N(C=O)c1ccccc1. The van der Waals surface area contributed by atoms with Crippen LogP contribution in [0.1, 0.15) is 39.0 Å². The summed E-state index contributed by atoms with van der Waals surface area (Å²) in [5.41, 5.74) is 0.642. The fourth-order valence-electron chi connectivity index (χ4n) is 1.68. The Labute approximate surface area is 102 Å². The minimum absolute atomic E-state index is 0.123. The van der Waals surface area contributed by atoms with Crippen molar-refractivity contribution >= 4 is 18.0 Å². The van der Waals surface area contributed by atoms with Gasteiger partial charge in [-0.05, 0) is 18.6 Å². The lowest BCUT2D eigenvalue weighted by Gasteiger charge is -2.15. The van der Waals surface area contributed by atoms with E-state index in [0.717, 1.165) is 25.7 Å². The fourth-order valence-corrected chi connectivity index (χ4v) is 1.68. The standard InChI is InChI=1S/C14H19NO2/c1-2-3-4-8-11-14(17)15(12-16)13-9-6-5-7-10-13/h5-7,9-10,12H,2-4,8,11H2,1H3. The van der Waals surface area contributed by atoms with Crippen molar-refractivity contribution in [1.82, 2.24) is 0 Å². The van der Waals surface area contributed by atoms with Crippen molar-refractivity contribution in [3.05, 3.63) is 30.3 Å². The van der Waals surface area contributed by atoms with E-state index in [1.165, 1.54) is 4.90 Å². The molecule has 92 valence electrons. The smallest absolute Gasteiger partial charge is 0.233 e. The van der Waals surface area contributed by atoms with Crippen LogP contribution in [-0.4, -0.2) is 12.3 Å². The van der Waals surface area contributed by atoms with Gasteiger partial charge in [0.15, 0.2) is 0 Å². The van der Waals surface area contributed by atoms with Crippen molar-refractivity contribution in [2.75, 3.05) is 4.90 Å². The summed E-state index contributed by atoms with van der Waals surface area (Å²) in [6.07, 6.45) is 5.21. The van der Waals surface area contributed by atoms with E-state index in [1.807, 2.05) is 18.2 Å². The molecule has 0 aliphatic carbocycles. The van der Waals surface area contributed by atoms with Gasteiger partial charge in [-0.3, -0.25) is 14.5 Å². The number of amides is 2. The number of hydrogen-bond acceptors (Lipinski definition) is 2. The third-order valence-corrected chi connectivity index (χ3v) is 2.65. The molecule has 0 spiro atoms. The Kier molecular flexibility index (Phi) is 6.00. The minimum Gasteiger partial charge on any atom is -0.278 e. The summed E-state index contributed by atoms with van der Waals surface area (Å²) in [6.45, 7) is 2.13. The quantitative estimate of drug-likeness (QED) is 0.536. The number of anilines is 1. The topological polar surface area (TPSA) is 37.4 Å². The van der Waals surface area contributed by atoms with Crippen LogP contribution >= 0.6 is 0 Å². The van der Waals surface area contributed by atoms with Crippen LogP contribution in [0.2, 0.25) is 0 Å². The summed E-state index contributed by atoms with van der Waals surface area (Å²) in [6, 6.07) is 9.02. The van der Waals surface area contributed by atoms with Crippen molar-refractivity contribution in [3.8, 4) is 0 Å². The molecule has 0 atom stereocenters. The Morgan fingerprint density at radius 2 is 1.88 bits per heavy atom. The molecule has 0 bridgehead atoms. The molecule has 0 saturated heterocycles. The van der Waals surface area contributed by atoms with Gasteiger partial charge in [0.05, 0.1) is 5.69 Å². The molecule has 1 aromatic carbocycles. The number of benzene rings is 1. The number of carbonyl (C=O) groups is 2. The highest BCUT2D eigenvalue weighted by molar-refractivity contribution is 6.06. The maximum absolute atomic E-state index is 11.8. The summed E-state index contributed by atoms with van der Waals surface area (Å²) >= 11 is 0. The number of para-hydroxylation sites is 1. The van der Waals surface area contributed by atoms with E-state index in [1.54, 1.807) is 12.1 Å². The van der Waals surface area contributed by atoms with Gasteiger partial charge in [-0.1, -0.05) is 44.4 Å². The lowest BCUT2D eigenvalue weighted by atomic mass is 10.1. The monoisotopic (exact) mass is 233 g/mol. The summed E-state index contributed by atoms with van der Waals surface area (Å²) in [4.78, 5) is 24.0. The van der Waals surface area contributed by atoms with Gasteiger partial charge < -0.3 is 0 Å². The molecule has 3 heteroatoms. The molecule has 3 nitrogen and oxygen atoms in total. The second-order valence-electron chi connectivity index (χ2n) is 4.02. The third-order valence-electron chi connectivity index (χ3n) is 2.65. The summed E-state index contributed by atoms with van der Waals surface area (Å²) in [7, 11) is 0. The molecule has 0 saturated carbocycles. The van der Waals surface area contributed by atoms with Crippen LogP contribution in [0.15, 0.2) is 30.3 Å². The predicted molar refractivity (Wildman–Crippen MR) is 68.8 cm³/mol. The maximum atomic E-state index is 11.8. The molecular weight excluding hydrogens is 214 g/mol. The first kappa shape index (κ1) is 13.4. The lowest BCUT2D eigenvalue weighted by Crippen LogP contribution is -2.28. The number of nitrogens with zero attached hydrogens (tertiary/aromatic N) is 1. The summed E-state index contributed by atoms with van der Waals surface area (Å²) in [5, 5.41) is 0. The zero-order chi connectivity index (χ0) is 12.5. The Morgan fingerprint density at radius 1 is 1.18 bits per heavy atom. The van der Waals surface area contributed by atoms with Crippen molar-refractivity contribution in [3.63, 3.8) is 0 Å². The average molecular weight is 233 g/mol. The second kappa shape index (κ2) is 7.60. The van der Waals surface area contributed by atoms with Gasteiger partial charge in [-0.15, -0.1) is 0 Å². The van der Waals surface area contributed by atoms with Gasteiger partial charge in [0.1, 0.15) is 0 Å². The Bertz CT molecular complexity index is 348. The normalized spacial score (nSPS) is 9.94. The second-order valence-corrected chi connectivity index (χ2v) is 4.02. The number of imide groups is 1. The summed E-state index contributed by atoms with van der Waals surface area (Å²) < 4.78 is 0. The molecule has 0 radical (unpaired) electrons. The number of unbranched alkanes of at least 4 members (excludes halogenated alkanes) is 3. The number of carbonyl (C=O) groups excluding carboxylic acids is 2. The van der Waals surface area contributed by atoms with Crippen LogP contribution in [0.25, 0.3) is 0 Å². The lowest BCUT2D eigenvalue weighted by molar-refractivity contribution is -0.122. The van der Waals surface area contributed by atoms with Gasteiger partial charge in [-0.25, -0.2) is 0 Å². The van der Waals surface area contributed by atoms with E-state index in [0.29, 0.717) is 18.5 Å².